The minimum absolute atomic E-state index is 0.0333. The average Bonchev–Trinajstić information content (AvgIpc) is 2.34. The van der Waals surface area contributed by atoms with Gasteiger partial charge in [0.05, 0.1) is 17.8 Å². The second kappa shape index (κ2) is 5.12. The van der Waals surface area contributed by atoms with E-state index in [-0.39, 0.29) is 11.6 Å². The van der Waals surface area contributed by atoms with Crippen molar-refractivity contribution >= 4 is 11.6 Å². The monoisotopic (exact) mass is 253 g/mol. The third kappa shape index (κ3) is 2.72. The summed E-state index contributed by atoms with van der Waals surface area (Å²) in [6.07, 6.45) is 3.00. The highest BCUT2D eigenvalue weighted by Gasteiger charge is 2.06. The zero-order valence-corrected chi connectivity index (χ0v) is 9.49. The second-order valence-electron chi connectivity index (χ2n) is 3.32. The number of nitrogens with zero attached hydrogens (tertiary/aromatic N) is 1. The molecule has 1 aromatic heterocycles. The third-order valence-electron chi connectivity index (χ3n) is 2.16. The predicted octanol–water partition coefficient (Wildman–Crippen LogP) is 3.16. The van der Waals surface area contributed by atoms with E-state index in [9.17, 15) is 4.39 Å². The summed E-state index contributed by atoms with van der Waals surface area (Å²) in [6.45, 7) is -0.173. The van der Waals surface area contributed by atoms with Gasteiger partial charge in [0, 0.05) is 17.8 Å². The summed E-state index contributed by atoms with van der Waals surface area (Å²) < 4.78 is 18.6. The van der Waals surface area contributed by atoms with Crippen LogP contribution in [0.15, 0.2) is 36.7 Å². The Labute approximate surface area is 102 Å². The van der Waals surface area contributed by atoms with E-state index in [0.717, 1.165) is 0 Å². The summed E-state index contributed by atoms with van der Waals surface area (Å²) >= 11 is 5.56. The quantitative estimate of drug-likeness (QED) is 0.914. The zero-order valence-electron chi connectivity index (χ0n) is 8.73. The van der Waals surface area contributed by atoms with E-state index in [2.05, 4.69) is 4.98 Å². The maximum absolute atomic E-state index is 13.2. The molecule has 5 heteroatoms. The smallest absolute Gasteiger partial charge is 0.151 e. The molecule has 0 unspecified atom stereocenters. The normalized spacial score (nSPS) is 10.3. The number of aliphatic hydroxyl groups is 1. The lowest BCUT2D eigenvalue weighted by atomic mass is 10.2. The van der Waals surface area contributed by atoms with Gasteiger partial charge in [-0.2, -0.15) is 0 Å². The van der Waals surface area contributed by atoms with Crippen LogP contribution in [0.4, 0.5) is 4.39 Å². The highest BCUT2D eigenvalue weighted by atomic mass is 35.5. The molecule has 0 radical (unpaired) electrons. The fraction of sp³-hybridized carbons (Fsp3) is 0.0833. The summed E-state index contributed by atoms with van der Waals surface area (Å²) in [5.74, 6) is 0.130. The van der Waals surface area contributed by atoms with Crippen LogP contribution in [0.3, 0.4) is 0 Å². The number of pyridine rings is 1. The van der Waals surface area contributed by atoms with Crippen molar-refractivity contribution in [3.05, 3.63) is 53.1 Å². The van der Waals surface area contributed by atoms with Gasteiger partial charge in [-0.3, -0.25) is 4.98 Å². The van der Waals surface area contributed by atoms with E-state index in [1.54, 1.807) is 18.3 Å². The minimum atomic E-state index is -0.557. The largest absolute Gasteiger partial charge is 0.455 e. The SMILES string of the molecule is OCc1ccncc1Oc1ccc(Cl)c(F)c1. The van der Waals surface area contributed by atoms with Crippen molar-refractivity contribution in [2.24, 2.45) is 0 Å². The molecule has 0 spiro atoms. The molecule has 1 heterocycles. The summed E-state index contributed by atoms with van der Waals surface area (Å²) in [7, 11) is 0. The summed E-state index contributed by atoms with van der Waals surface area (Å²) in [5.41, 5.74) is 0.579. The van der Waals surface area contributed by atoms with E-state index in [0.29, 0.717) is 17.1 Å². The lowest BCUT2D eigenvalue weighted by Crippen LogP contribution is -1.93. The molecule has 0 fully saturated rings. The van der Waals surface area contributed by atoms with Gasteiger partial charge in [-0.1, -0.05) is 11.6 Å². The van der Waals surface area contributed by atoms with Crippen LogP contribution in [0.25, 0.3) is 0 Å². The molecule has 0 bridgehead atoms. The lowest BCUT2D eigenvalue weighted by molar-refractivity contribution is 0.276. The van der Waals surface area contributed by atoms with Gasteiger partial charge in [0.25, 0.3) is 0 Å². The van der Waals surface area contributed by atoms with Gasteiger partial charge in [-0.25, -0.2) is 4.39 Å². The van der Waals surface area contributed by atoms with Gasteiger partial charge in [0.2, 0.25) is 0 Å². The Balaban J connectivity index is 2.28. The van der Waals surface area contributed by atoms with Gasteiger partial charge >= 0.3 is 0 Å². The molecule has 2 rings (SSSR count). The van der Waals surface area contributed by atoms with Gasteiger partial charge < -0.3 is 9.84 Å². The minimum Gasteiger partial charge on any atom is -0.455 e. The Bertz CT molecular complexity index is 534. The molecule has 0 saturated heterocycles. The number of ether oxygens (including phenoxy) is 1. The number of halogens is 2. The van der Waals surface area contributed by atoms with Crippen LogP contribution in [0.2, 0.25) is 5.02 Å². The molecule has 0 aliphatic rings. The van der Waals surface area contributed by atoms with E-state index in [4.69, 9.17) is 21.4 Å². The summed E-state index contributed by atoms with van der Waals surface area (Å²) in [4.78, 5) is 3.87. The second-order valence-corrected chi connectivity index (χ2v) is 3.73. The summed E-state index contributed by atoms with van der Waals surface area (Å²) in [5, 5.41) is 9.13. The van der Waals surface area contributed by atoms with Crippen molar-refractivity contribution in [1.82, 2.24) is 4.98 Å². The molecule has 2 aromatic rings. The van der Waals surface area contributed by atoms with Crippen molar-refractivity contribution in [3.63, 3.8) is 0 Å². The zero-order chi connectivity index (χ0) is 12.3. The van der Waals surface area contributed by atoms with Gasteiger partial charge in [-0.15, -0.1) is 0 Å². The van der Waals surface area contributed by atoms with Crippen LogP contribution < -0.4 is 4.74 Å². The van der Waals surface area contributed by atoms with Crippen LogP contribution >= 0.6 is 11.6 Å². The van der Waals surface area contributed by atoms with Crippen LogP contribution in [-0.4, -0.2) is 10.1 Å². The number of hydrogen-bond donors (Lipinski definition) is 1. The van der Waals surface area contributed by atoms with Crippen molar-refractivity contribution in [1.29, 1.82) is 0 Å². The van der Waals surface area contributed by atoms with Crippen LogP contribution in [0.5, 0.6) is 11.5 Å². The number of rotatable bonds is 3. The molecule has 1 aromatic carbocycles. The van der Waals surface area contributed by atoms with Crippen molar-refractivity contribution in [2.45, 2.75) is 6.61 Å². The van der Waals surface area contributed by atoms with Gasteiger partial charge in [0.15, 0.2) is 5.75 Å². The molecule has 0 aliphatic heterocycles. The maximum Gasteiger partial charge on any atom is 0.151 e. The number of aromatic nitrogens is 1. The molecular weight excluding hydrogens is 245 g/mol. The molecule has 3 nitrogen and oxygen atoms in total. The molecular formula is C12H9ClFNO2. The number of aliphatic hydroxyl groups excluding tert-OH is 1. The predicted molar refractivity (Wildman–Crippen MR) is 61.6 cm³/mol. The highest BCUT2D eigenvalue weighted by Crippen LogP contribution is 2.27. The summed E-state index contributed by atoms with van der Waals surface area (Å²) in [6, 6.07) is 5.75. The van der Waals surface area contributed by atoms with E-state index < -0.39 is 5.82 Å². The molecule has 1 N–H and O–H groups in total. The van der Waals surface area contributed by atoms with Gasteiger partial charge in [0.1, 0.15) is 11.6 Å². The van der Waals surface area contributed by atoms with Crippen LogP contribution in [0, 0.1) is 5.82 Å². The first-order valence-electron chi connectivity index (χ1n) is 4.87. The van der Waals surface area contributed by atoms with E-state index >= 15 is 0 Å². The molecule has 0 atom stereocenters. The average molecular weight is 254 g/mol. The Morgan fingerprint density at radius 2 is 2.18 bits per heavy atom. The standard InChI is InChI=1S/C12H9ClFNO2/c13-10-2-1-9(5-11(10)14)17-12-6-15-4-3-8(12)7-16/h1-6,16H,7H2. The highest BCUT2D eigenvalue weighted by molar-refractivity contribution is 6.30. The first-order chi connectivity index (χ1) is 8.20. The Hall–Kier alpha value is -1.65. The van der Waals surface area contributed by atoms with Crippen molar-refractivity contribution in [3.8, 4) is 11.5 Å². The Morgan fingerprint density at radius 1 is 1.35 bits per heavy atom. The van der Waals surface area contributed by atoms with Crippen molar-refractivity contribution < 1.29 is 14.2 Å². The number of hydrogen-bond acceptors (Lipinski definition) is 3. The Kier molecular flexibility index (Phi) is 3.56. The first-order valence-corrected chi connectivity index (χ1v) is 5.25. The topological polar surface area (TPSA) is 42.4 Å². The van der Waals surface area contributed by atoms with Crippen molar-refractivity contribution in [2.75, 3.05) is 0 Å². The van der Waals surface area contributed by atoms with Crippen LogP contribution in [0.1, 0.15) is 5.56 Å². The van der Waals surface area contributed by atoms with E-state index in [1.165, 1.54) is 18.3 Å². The molecule has 0 amide bonds. The van der Waals surface area contributed by atoms with Gasteiger partial charge in [-0.05, 0) is 18.2 Å². The molecule has 17 heavy (non-hydrogen) atoms. The maximum atomic E-state index is 13.2. The molecule has 0 saturated carbocycles. The molecule has 88 valence electrons. The molecule has 0 aliphatic carbocycles. The first kappa shape index (κ1) is 11.8. The Morgan fingerprint density at radius 3 is 2.88 bits per heavy atom. The van der Waals surface area contributed by atoms with E-state index in [1.807, 2.05) is 0 Å². The fourth-order valence-corrected chi connectivity index (χ4v) is 1.42. The van der Waals surface area contributed by atoms with Crippen LogP contribution in [-0.2, 0) is 6.61 Å². The lowest BCUT2D eigenvalue weighted by Gasteiger charge is -2.09. The number of benzene rings is 1. The fourth-order valence-electron chi connectivity index (χ4n) is 1.30. The third-order valence-corrected chi connectivity index (χ3v) is 2.47.